The van der Waals surface area contributed by atoms with Gasteiger partial charge in [-0.15, -0.1) is 0 Å². The third-order valence-corrected chi connectivity index (χ3v) is 5.51. The van der Waals surface area contributed by atoms with Crippen LogP contribution in [-0.2, 0) is 14.3 Å². The van der Waals surface area contributed by atoms with Gasteiger partial charge in [-0.3, -0.25) is 4.79 Å². The summed E-state index contributed by atoms with van der Waals surface area (Å²) in [4.78, 5) is 11.9. The molecule has 19 heavy (non-hydrogen) atoms. The van der Waals surface area contributed by atoms with Gasteiger partial charge < -0.3 is 14.6 Å². The molecule has 0 bridgehead atoms. The number of hydrogen-bond acceptors (Lipinski definition) is 3. The van der Waals surface area contributed by atoms with Crippen LogP contribution in [0.3, 0.4) is 0 Å². The Hall–Kier alpha value is -0.610. The van der Waals surface area contributed by atoms with E-state index in [0.717, 1.165) is 51.6 Å². The standard InChI is InChI=1S/C15H24O4/c16-13(17)15(5-2-1-3-6-15)12-4-8-19-14(10-12)7-9-18-11-14/h12H,1-11H2,(H,16,17). The molecule has 3 fully saturated rings. The Morgan fingerprint density at radius 2 is 1.89 bits per heavy atom. The molecule has 0 aromatic rings. The average molecular weight is 268 g/mol. The largest absolute Gasteiger partial charge is 0.481 e. The van der Waals surface area contributed by atoms with E-state index in [0.29, 0.717) is 13.2 Å². The first-order chi connectivity index (χ1) is 9.17. The molecule has 2 unspecified atom stereocenters. The fourth-order valence-electron chi connectivity index (χ4n) is 4.34. The molecule has 1 saturated carbocycles. The van der Waals surface area contributed by atoms with Crippen molar-refractivity contribution in [2.24, 2.45) is 11.3 Å². The SMILES string of the molecule is O=C(O)C1(C2CCOC3(CCOC3)C2)CCCCC1. The van der Waals surface area contributed by atoms with Gasteiger partial charge in [0.25, 0.3) is 0 Å². The number of aliphatic carboxylic acids is 1. The van der Waals surface area contributed by atoms with Crippen LogP contribution < -0.4 is 0 Å². The predicted molar refractivity (Wildman–Crippen MR) is 70.0 cm³/mol. The second-order valence-electron chi connectivity index (χ2n) is 6.55. The lowest BCUT2D eigenvalue weighted by atomic mass is 9.61. The van der Waals surface area contributed by atoms with Gasteiger partial charge in [-0.05, 0) is 31.6 Å². The fraction of sp³-hybridized carbons (Fsp3) is 0.933. The van der Waals surface area contributed by atoms with Gasteiger partial charge in [0.05, 0.1) is 17.6 Å². The highest BCUT2D eigenvalue weighted by molar-refractivity contribution is 5.75. The smallest absolute Gasteiger partial charge is 0.309 e. The topological polar surface area (TPSA) is 55.8 Å². The van der Waals surface area contributed by atoms with Gasteiger partial charge in [0.15, 0.2) is 0 Å². The molecule has 1 spiro atoms. The van der Waals surface area contributed by atoms with E-state index in [9.17, 15) is 9.90 Å². The lowest BCUT2D eigenvalue weighted by Crippen LogP contribution is -2.49. The molecule has 2 saturated heterocycles. The maximum Gasteiger partial charge on any atom is 0.309 e. The molecule has 1 aliphatic carbocycles. The molecule has 0 amide bonds. The second-order valence-corrected chi connectivity index (χ2v) is 6.55. The second kappa shape index (κ2) is 5.06. The van der Waals surface area contributed by atoms with Crippen molar-refractivity contribution in [2.75, 3.05) is 19.8 Å². The van der Waals surface area contributed by atoms with Crippen molar-refractivity contribution in [3.05, 3.63) is 0 Å². The maximum absolute atomic E-state index is 11.9. The average Bonchev–Trinajstić information content (AvgIpc) is 2.87. The molecule has 2 aliphatic heterocycles. The van der Waals surface area contributed by atoms with Crippen molar-refractivity contribution >= 4 is 5.97 Å². The van der Waals surface area contributed by atoms with E-state index < -0.39 is 11.4 Å². The van der Waals surface area contributed by atoms with Crippen molar-refractivity contribution in [2.45, 2.75) is 57.0 Å². The molecule has 0 aromatic heterocycles. The summed E-state index contributed by atoms with van der Waals surface area (Å²) < 4.78 is 11.4. The monoisotopic (exact) mass is 268 g/mol. The fourth-order valence-corrected chi connectivity index (χ4v) is 4.34. The van der Waals surface area contributed by atoms with Crippen molar-refractivity contribution in [3.63, 3.8) is 0 Å². The minimum Gasteiger partial charge on any atom is -0.481 e. The lowest BCUT2D eigenvalue weighted by molar-refractivity contribution is -0.167. The Balaban J connectivity index is 1.80. The van der Waals surface area contributed by atoms with Gasteiger partial charge >= 0.3 is 5.97 Å². The summed E-state index contributed by atoms with van der Waals surface area (Å²) in [6, 6.07) is 0. The summed E-state index contributed by atoms with van der Waals surface area (Å²) in [7, 11) is 0. The molecule has 0 radical (unpaired) electrons. The van der Waals surface area contributed by atoms with Gasteiger partial charge in [-0.1, -0.05) is 19.3 Å². The van der Waals surface area contributed by atoms with Gasteiger partial charge in [0.2, 0.25) is 0 Å². The van der Waals surface area contributed by atoms with Crippen LogP contribution >= 0.6 is 0 Å². The Kier molecular flexibility index (Phi) is 3.56. The number of carbonyl (C=O) groups is 1. The molecule has 3 rings (SSSR count). The van der Waals surface area contributed by atoms with Crippen LogP contribution in [0, 0.1) is 11.3 Å². The van der Waals surface area contributed by atoms with E-state index in [-0.39, 0.29) is 11.5 Å². The Labute approximate surface area is 114 Å². The van der Waals surface area contributed by atoms with Crippen LogP contribution in [0.4, 0.5) is 0 Å². The van der Waals surface area contributed by atoms with E-state index in [4.69, 9.17) is 9.47 Å². The Morgan fingerprint density at radius 3 is 2.53 bits per heavy atom. The summed E-state index contributed by atoms with van der Waals surface area (Å²) in [5.41, 5.74) is -0.666. The number of ether oxygens (including phenoxy) is 2. The zero-order chi connectivity index (χ0) is 13.3. The van der Waals surface area contributed by atoms with Crippen molar-refractivity contribution < 1.29 is 19.4 Å². The molecular formula is C15H24O4. The van der Waals surface area contributed by atoms with Crippen molar-refractivity contribution in [1.29, 1.82) is 0 Å². The van der Waals surface area contributed by atoms with E-state index in [2.05, 4.69) is 0 Å². The zero-order valence-electron chi connectivity index (χ0n) is 11.5. The minimum absolute atomic E-state index is 0.178. The third kappa shape index (κ3) is 2.29. The van der Waals surface area contributed by atoms with Crippen LogP contribution in [0.1, 0.15) is 51.4 Å². The van der Waals surface area contributed by atoms with Gasteiger partial charge in [0.1, 0.15) is 0 Å². The molecular weight excluding hydrogens is 244 g/mol. The molecule has 4 heteroatoms. The molecule has 108 valence electrons. The number of carboxylic acids is 1. The van der Waals surface area contributed by atoms with Crippen LogP contribution in [0.5, 0.6) is 0 Å². The van der Waals surface area contributed by atoms with Crippen LogP contribution in [0.25, 0.3) is 0 Å². The quantitative estimate of drug-likeness (QED) is 0.836. The summed E-state index contributed by atoms with van der Waals surface area (Å²) >= 11 is 0. The molecule has 2 atom stereocenters. The Morgan fingerprint density at radius 1 is 1.11 bits per heavy atom. The molecule has 1 N–H and O–H groups in total. The van der Waals surface area contributed by atoms with Crippen molar-refractivity contribution in [3.8, 4) is 0 Å². The molecule has 4 nitrogen and oxygen atoms in total. The Bertz CT molecular complexity index is 340. The third-order valence-electron chi connectivity index (χ3n) is 5.51. The first-order valence-corrected chi connectivity index (χ1v) is 7.62. The van der Waals surface area contributed by atoms with Gasteiger partial charge in [-0.2, -0.15) is 0 Å². The van der Waals surface area contributed by atoms with E-state index >= 15 is 0 Å². The molecule has 2 heterocycles. The number of rotatable bonds is 2. The summed E-state index contributed by atoms with van der Waals surface area (Å²) in [6.07, 6.45) is 7.72. The highest BCUT2D eigenvalue weighted by Gasteiger charge is 2.52. The lowest BCUT2D eigenvalue weighted by Gasteiger charge is -2.46. The summed E-state index contributed by atoms with van der Waals surface area (Å²) in [5.74, 6) is -0.311. The van der Waals surface area contributed by atoms with Gasteiger partial charge in [0, 0.05) is 19.6 Å². The van der Waals surface area contributed by atoms with E-state index in [1.807, 2.05) is 0 Å². The maximum atomic E-state index is 11.9. The van der Waals surface area contributed by atoms with Crippen LogP contribution in [0.15, 0.2) is 0 Å². The summed E-state index contributed by atoms with van der Waals surface area (Å²) in [5, 5.41) is 9.80. The molecule has 3 aliphatic rings. The van der Waals surface area contributed by atoms with E-state index in [1.54, 1.807) is 0 Å². The summed E-state index contributed by atoms with van der Waals surface area (Å²) in [6.45, 7) is 2.11. The normalized spacial score (nSPS) is 38.4. The van der Waals surface area contributed by atoms with Crippen molar-refractivity contribution in [1.82, 2.24) is 0 Å². The van der Waals surface area contributed by atoms with E-state index in [1.165, 1.54) is 6.42 Å². The van der Waals surface area contributed by atoms with Crippen LogP contribution in [-0.4, -0.2) is 36.5 Å². The molecule has 0 aromatic carbocycles. The number of carboxylic acid groups (broad SMARTS) is 1. The first kappa shape index (κ1) is 13.4. The zero-order valence-corrected chi connectivity index (χ0v) is 11.5. The van der Waals surface area contributed by atoms with Crippen LogP contribution in [0.2, 0.25) is 0 Å². The highest BCUT2D eigenvalue weighted by Crippen LogP contribution is 2.50. The first-order valence-electron chi connectivity index (χ1n) is 7.62. The van der Waals surface area contributed by atoms with Gasteiger partial charge in [-0.25, -0.2) is 0 Å². The highest BCUT2D eigenvalue weighted by atomic mass is 16.6. The predicted octanol–water partition coefficient (Wildman–Crippen LogP) is 2.61. The minimum atomic E-state index is -0.576. The number of hydrogen-bond donors (Lipinski definition) is 1.